The number of amides is 1. The number of thiophene rings is 1. The number of hydrogen-bond donors (Lipinski definition) is 2. The summed E-state index contributed by atoms with van der Waals surface area (Å²) in [6.45, 7) is 0.345. The lowest BCUT2D eigenvalue weighted by Crippen LogP contribution is -2.32. The second-order valence-corrected chi connectivity index (χ2v) is 6.44. The molecule has 5 nitrogen and oxygen atoms in total. The zero-order valence-electron chi connectivity index (χ0n) is 9.39. The van der Waals surface area contributed by atoms with E-state index in [0.29, 0.717) is 24.3 Å². The molecule has 0 spiro atoms. The van der Waals surface area contributed by atoms with Crippen LogP contribution < -0.4 is 5.32 Å². The lowest BCUT2D eigenvalue weighted by molar-refractivity contribution is -0.149. The average Bonchev–Trinajstić information content (AvgIpc) is 2.94. The molecule has 0 aliphatic carbocycles. The predicted octanol–water partition coefficient (Wildman–Crippen LogP) is 1.87. The normalized spacial score (nSPS) is 22.9. The van der Waals surface area contributed by atoms with Crippen LogP contribution in [-0.2, 0) is 9.53 Å². The summed E-state index contributed by atoms with van der Waals surface area (Å²) >= 11 is 4.64. The van der Waals surface area contributed by atoms with E-state index in [2.05, 4.69) is 21.2 Å². The molecule has 0 aromatic carbocycles. The molecule has 2 atom stereocenters. The van der Waals surface area contributed by atoms with Crippen LogP contribution in [0.25, 0.3) is 0 Å². The lowest BCUT2D eigenvalue weighted by atomic mass is 10.2. The van der Waals surface area contributed by atoms with Gasteiger partial charge in [0.1, 0.15) is 0 Å². The summed E-state index contributed by atoms with van der Waals surface area (Å²) in [6.07, 6.45) is 0.215. The highest BCUT2D eigenvalue weighted by atomic mass is 79.9. The van der Waals surface area contributed by atoms with Gasteiger partial charge in [0.15, 0.2) is 6.10 Å². The fraction of sp³-hybridized carbons (Fsp3) is 0.455. The first-order valence-corrected chi connectivity index (χ1v) is 7.09. The Hall–Kier alpha value is -0.920. The molecule has 1 aromatic rings. The Morgan fingerprint density at radius 2 is 2.28 bits per heavy atom. The number of carbonyl (C=O) groups is 2. The van der Waals surface area contributed by atoms with E-state index in [4.69, 9.17) is 9.84 Å². The van der Waals surface area contributed by atoms with E-state index >= 15 is 0 Å². The third kappa shape index (κ3) is 3.30. The lowest BCUT2D eigenvalue weighted by Gasteiger charge is -2.11. The minimum atomic E-state index is -0.939. The number of aliphatic carboxylic acids is 1. The van der Waals surface area contributed by atoms with Crippen LogP contribution in [0.15, 0.2) is 15.9 Å². The van der Waals surface area contributed by atoms with Gasteiger partial charge in [0.25, 0.3) is 5.91 Å². The van der Waals surface area contributed by atoms with Crippen molar-refractivity contribution in [3.63, 3.8) is 0 Å². The zero-order chi connectivity index (χ0) is 13.1. The maximum Gasteiger partial charge on any atom is 0.332 e. The van der Waals surface area contributed by atoms with E-state index in [1.165, 1.54) is 11.3 Å². The SMILES string of the molecule is O=C(NCC1CCC(C(=O)O)O1)c1ccc(Br)s1. The Morgan fingerprint density at radius 3 is 2.83 bits per heavy atom. The number of carbonyl (C=O) groups excluding carboxylic acids is 1. The third-order valence-corrected chi connectivity index (χ3v) is 4.29. The molecule has 18 heavy (non-hydrogen) atoms. The minimum Gasteiger partial charge on any atom is -0.479 e. The van der Waals surface area contributed by atoms with Crippen molar-refractivity contribution in [3.05, 3.63) is 20.8 Å². The Bertz CT molecular complexity index is 462. The van der Waals surface area contributed by atoms with Crippen molar-refractivity contribution >= 4 is 39.1 Å². The van der Waals surface area contributed by atoms with Crippen molar-refractivity contribution < 1.29 is 19.4 Å². The molecule has 1 aliphatic rings. The maximum atomic E-state index is 11.7. The molecule has 1 aromatic heterocycles. The third-order valence-electron chi connectivity index (χ3n) is 2.67. The standard InChI is InChI=1S/C11H12BrNO4S/c12-9-4-3-8(18-9)10(14)13-5-6-1-2-7(17-6)11(15)16/h3-4,6-7H,1-2,5H2,(H,13,14)(H,15,16). The number of rotatable bonds is 4. The number of ether oxygens (including phenoxy) is 1. The summed E-state index contributed by atoms with van der Waals surface area (Å²) in [5, 5.41) is 11.5. The van der Waals surface area contributed by atoms with E-state index in [-0.39, 0.29) is 12.0 Å². The van der Waals surface area contributed by atoms with Gasteiger partial charge in [0, 0.05) is 6.54 Å². The molecule has 2 rings (SSSR count). The van der Waals surface area contributed by atoms with Crippen molar-refractivity contribution in [1.82, 2.24) is 5.32 Å². The zero-order valence-corrected chi connectivity index (χ0v) is 11.8. The Balaban J connectivity index is 1.79. The van der Waals surface area contributed by atoms with Crippen LogP contribution in [0.3, 0.4) is 0 Å². The highest BCUT2D eigenvalue weighted by Crippen LogP contribution is 2.22. The smallest absolute Gasteiger partial charge is 0.332 e. The second kappa shape index (κ2) is 5.81. The molecule has 1 fully saturated rings. The first-order chi connectivity index (χ1) is 8.56. The monoisotopic (exact) mass is 333 g/mol. The summed E-state index contributed by atoms with van der Waals surface area (Å²) < 4.78 is 6.19. The van der Waals surface area contributed by atoms with Gasteiger partial charge in [-0.3, -0.25) is 4.79 Å². The highest BCUT2D eigenvalue weighted by molar-refractivity contribution is 9.11. The van der Waals surface area contributed by atoms with Crippen molar-refractivity contribution in [2.45, 2.75) is 25.0 Å². The summed E-state index contributed by atoms with van der Waals surface area (Å²) in [7, 11) is 0. The quantitative estimate of drug-likeness (QED) is 0.881. The largest absolute Gasteiger partial charge is 0.479 e. The maximum absolute atomic E-state index is 11.7. The van der Waals surface area contributed by atoms with Crippen LogP contribution in [0.5, 0.6) is 0 Å². The van der Waals surface area contributed by atoms with Crippen LogP contribution in [0, 0.1) is 0 Å². The minimum absolute atomic E-state index is 0.159. The molecular weight excluding hydrogens is 322 g/mol. The molecular formula is C11H12BrNO4S. The van der Waals surface area contributed by atoms with Gasteiger partial charge in [-0.2, -0.15) is 0 Å². The molecule has 0 radical (unpaired) electrons. The van der Waals surface area contributed by atoms with Crippen LogP contribution in [0.2, 0.25) is 0 Å². The number of hydrogen-bond acceptors (Lipinski definition) is 4. The van der Waals surface area contributed by atoms with Crippen LogP contribution in [-0.4, -0.2) is 35.7 Å². The molecule has 0 bridgehead atoms. The molecule has 1 amide bonds. The van der Waals surface area contributed by atoms with Gasteiger partial charge in [-0.05, 0) is 40.9 Å². The van der Waals surface area contributed by atoms with Crippen LogP contribution >= 0.6 is 27.3 Å². The fourth-order valence-electron chi connectivity index (χ4n) is 1.77. The summed E-state index contributed by atoms with van der Waals surface area (Å²) in [6, 6.07) is 3.55. The van der Waals surface area contributed by atoms with E-state index in [1.54, 1.807) is 6.07 Å². The molecule has 2 unspecified atom stereocenters. The van der Waals surface area contributed by atoms with Gasteiger partial charge in [-0.1, -0.05) is 0 Å². The number of carboxylic acids is 1. The predicted molar refractivity (Wildman–Crippen MR) is 69.9 cm³/mol. The van der Waals surface area contributed by atoms with E-state index < -0.39 is 12.1 Å². The van der Waals surface area contributed by atoms with Crippen molar-refractivity contribution in [3.8, 4) is 0 Å². The van der Waals surface area contributed by atoms with Crippen LogP contribution in [0.1, 0.15) is 22.5 Å². The molecule has 1 saturated heterocycles. The molecule has 98 valence electrons. The summed E-state index contributed by atoms with van der Waals surface area (Å²) in [4.78, 5) is 23.1. The highest BCUT2D eigenvalue weighted by Gasteiger charge is 2.30. The average molecular weight is 334 g/mol. The van der Waals surface area contributed by atoms with Crippen LogP contribution in [0.4, 0.5) is 0 Å². The molecule has 0 saturated carbocycles. The summed E-state index contributed by atoms with van der Waals surface area (Å²) in [5.74, 6) is -1.10. The van der Waals surface area contributed by atoms with Gasteiger partial charge in [-0.15, -0.1) is 11.3 Å². The van der Waals surface area contributed by atoms with E-state index in [1.807, 2.05) is 6.07 Å². The second-order valence-electron chi connectivity index (χ2n) is 3.98. The van der Waals surface area contributed by atoms with E-state index in [0.717, 1.165) is 3.79 Å². The Morgan fingerprint density at radius 1 is 1.50 bits per heavy atom. The van der Waals surface area contributed by atoms with Gasteiger partial charge < -0.3 is 15.2 Å². The van der Waals surface area contributed by atoms with Crippen molar-refractivity contribution in [2.75, 3.05) is 6.54 Å². The van der Waals surface area contributed by atoms with Gasteiger partial charge in [0.2, 0.25) is 0 Å². The van der Waals surface area contributed by atoms with Crippen molar-refractivity contribution in [1.29, 1.82) is 0 Å². The Labute approximate surface area is 116 Å². The van der Waals surface area contributed by atoms with Gasteiger partial charge >= 0.3 is 5.97 Å². The number of carboxylic acid groups (broad SMARTS) is 1. The molecule has 2 N–H and O–H groups in total. The fourth-order valence-corrected chi connectivity index (χ4v) is 3.07. The first-order valence-electron chi connectivity index (χ1n) is 5.48. The Kier molecular flexibility index (Phi) is 4.36. The van der Waals surface area contributed by atoms with E-state index in [9.17, 15) is 9.59 Å². The number of halogens is 1. The molecule has 2 heterocycles. The number of nitrogens with one attached hydrogen (secondary N) is 1. The van der Waals surface area contributed by atoms with Gasteiger partial charge in [-0.25, -0.2) is 4.79 Å². The topological polar surface area (TPSA) is 75.6 Å². The summed E-state index contributed by atoms with van der Waals surface area (Å²) in [5.41, 5.74) is 0. The first kappa shape index (κ1) is 13.5. The molecule has 1 aliphatic heterocycles. The molecule has 7 heteroatoms. The van der Waals surface area contributed by atoms with Gasteiger partial charge in [0.05, 0.1) is 14.8 Å². The van der Waals surface area contributed by atoms with Crippen molar-refractivity contribution in [2.24, 2.45) is 0 Å².